The van der Waals surface area contributed by atoms with Crippen LogP contribution < -0.4 is 16.0 Å². The van der Waals surface area contributed by atoms with Crippen LogP contribution >= 0.6 is 0 Å². The van der Waals surface area contributed by atoms with Crippen molar-refractivity contribution in [2.24, 2.45) is 0 Å². The van der Waals surface area contributed by atoms with Gasteiger partial charge in [-0.1, -0.05) is 0 Å². The van der Waals surface area contributed by atoms with Gasteiger partial charge >= 0.3 is 6.09 Å². The molecule has 1 amide bonds. The van der Waals surface area contributed by atoms with E-state index >= 15 is 0 Å². The molecule has 3 N–H and O–H groups in total. The summed E-state index contributed by atoms with van der Waals surface area (Å²) in [4.78, 5) is 11.3. The van der Waals surface area contributed by atoms with Crippen LogP contribution in [-0.2, 0) is 9.47 Å². The van der Waals surface area contributed by atoms with E-state index < -0.39 is 11.7 Å². The van der Waals surface area contributed by atoms with Crippen molar-refractivity contribution in [3.05, 3.63) is 12.1 Å². The zero-order valence-corrected chi connectivity index (χ0v) is 11.2. The smallest absolute Gasteiger partial charge is 0.407 e. The van der Waals surface area contributed by atoms with Gasteiger partial charge in [-0.2, -0.15) is 0 Å². The standard InChI is InChI=1S/C11H23N3O3/c1-11(2,3)17-10(15)14-6-7-16-9(13-5)8-12-4/h8,12-13H,6-7H2,1-5H3,(H,14,15)/b9-8+. The third kappa shape index (κ3) is 9.35. The highest BCUT2D eigenvalue weighted by Gasteiger charge is 2.15. The lowest BCUT2D eigenvalue weighted by Crippen LogP contribution is -2.34. The van der Waals surface area contributed by atoms with Gasteiger partial charge in [0.15, 0.2) is 0 Å². The SMILES string of the molecule is CN/C=C(\NC)OCCNC(=O)OC(C)(C)C. The summed E-state index contributed by atoms with van der Waals surface area (Å²) in [6.07, 6.45) is 1.25. The van der Waals surface area contributed by atoms with E-state index in [1.54, 1.807) is 20.3 Å². The van der Waals surface area contributed by atoms with Crippen molar-refractivity contribution in [3.8, 4) is 0 Å². The summed E-state index contributed by atoms with van der Waals surface area (Å²) in [7, 11) is 3.53. The van der Waals surface area contributed by atoms with E-state index in [4.69, 9.17) is 9.47 Å². The Kier molecular flexibility index (Phi) is 6.93. The Bertz CT molecular complexity index is 259. The molecule has 6 heteroatoms. The molecular formula is C11H23N3O3. The average molecular weight is 245 g/mol. The predicted molar refractivity (Wildman–Crippen MR) is 66.4 cm³/mol. The van der Waals surface area contributed by atoms with Crippen molar-refractivity contribution < 1.29 is 14.3 Å². The Balaban J connectivity index is 3.71. The van der Waals surface area contributed by atoms with Gasteiger partial charge in [0.1, 0.15) is 12.2 Å². The van der Waals surface area contributed by atoms with Crippen molar-refractivity contribution in [1.82, 2.24) is 16.0 Å². The maximum absolute atomic E-state index is 11.3. The fraction of sp³-hybridized carbons (Fsp3) is 0.727. The van der Waals surface area contributed by atoms with Crippen molar-refractivity contribution >= 4 is 6.09 Å². The number of nitrogens with one attached hydrogen (secondary N) is 3. The first kappa shape index (κ1) is 15.4. The molecule has 0 aromatic carbocycles. The quantitative estimate of drug-likeness (QED) is 0.476. The van der Waals surface area contributed by atoms with Gasteiger partial charge in [0, 0.05) is 14.1 Å². The number of carbonyl (C=O) groups is 1. The summed E-state index contributed by atoms with van der Waals surface area (Å²) in [5.41, 5.74) is -0.479. The topological polar surface area (TPSA) is 71.6 Å². The minimum atomic E-state index is -0.479. The van der Waals surface area contributed by atoms with Crippen LogP contribution in [0.4, 0.5) is 4.79 Å². The minimum Gasteiger partial charge on any atom is -0.476 e. The summed E-state index contributed by atoms with van der Waals surface area (Å²) < 4.78 is 10.4. The number of carbonyl (C=O) groups excluding carboxylic acids is 1. The molecule has 0 rings (SSSR count). The van der Waals surface area contributed by atoms with Crippen molar-refractivity contribution in [3.63, 3.8) is 0 Å². The van der Waals surface area contributed by atoms with E-state index in [1.165, 1.54) is 0 Å². The average Bonchev–Trinajstić information content (AvgIpc) is 2.20. The second kappa shape index (κ2) is 7.65. The fourth-order valence-corrected chi connectivity index (χ4v) is 0.945. The summed E-state index contributed by atoms with van der Waals surface area (Å²) in [6.45, 7) is 6.21. The Hall–Kier alpha value is -1.59. The number of hydrogen-bond acceptors (Lipinski definition) is 5. The van der Waals surface area contributed by atoms with Crippen LogP contribution in [0.25, 0.3) is 0 Å². The summed E-state index contributed by atoms with van der Waals surface area (Å²) >= 11 is 0. The molecule has 0 unspecified atom stereocenters. The molecule has 6 nitrogen and oxygen atoms in total. The van der Waals surface area contributed by atoms with Gasteiger partial charge in [0.05, 0.1) is 12.7 Å². The van der Waals surface area contributed by atoms with E-state index in [2.05, 4.69) is 16.0 Å². The van der Waals surface area contributed by atoms with E-state index in [0.29, 0.717) is 19.0 Å². The second-order valence-electron chi connectivity index (χ2n) is 4.32. The Labute approximate surface area is 103 Å². The highest BCUT2D eigenvalue weighted by Crippen LogP contribution is 2.06. The lowest BCUT2D eigenvalue weighted by molar-refractivity contribution is 0.0511. The zero-order valence-electron chi connectivity index (χ0n) is 11.2. The molecule has 0 saturated heterocycles. The Morgan fingerprint density at radius 3 is 2.41 bits per heavy atom. The summed E-state index contributed by atoms with van der Waals surface area (Å²) in [5.74, 6) is 0.610. The number of rotatable bonds is 6. The number of amides is 1. The third-order valence-electron chi connectivity index (χ3n) is 1.55. The van der Waals surface area contributed by atoms with Crippen molar-refractivity contribution in [1.29, 1.82) is 0 Å². The highest BCUT2D eigenvalue weighted by molar-refractivity contribution is 5.67. The molecule has 0 bridgehead atoms. The normalized spacial score (nSPS) is 11.7. The predicted octanol–water partition coefficient (Wildman–Crippen LogP) is 0.765. The van der Waals surface area contributed by atoms with Gasteiger partial charge in [-0.3, -0.25) is 0 Å². The molecule has 0 atom stereocenters. The monoisotopic (exact) mass is 245 g/mol. The summed E-state index contributed by atoms with van der Waals surface area (Å²) in [5, 5.41) is 8.30. The zero-order chi connectivity index (χ0) is 13.3. The molecule has 0 heterocycles. The Morgan fingerprint density at radius 1 is 1.29 bits per heavy atom. The Morgan fingerprint density at radius 2 is 1.94 bits per heavy atom. The third-order valence-corrected chi connectivity index (χ3v) is 1.55. The largest absolute Gasteiger partial charge is 0.476 e. The molecule has 17 heavy (non-hydrogen) atoms. The van der Waals surface area contributed by atoms with E-state index in [1.807, 2.05) is 20.8 Å². The fourth-order valence-electron chi connectivity index (χ4n) is 0.945. The van der Waals surface area contributed by atoms with Crippen LogP contribution in [0.2, 0.25) is 0 Å². The van der Waals surface area contributed by atoms with Crippen LogP contribution in [-0.4, -0.2) is 38.9 Å². The minimum absolute atomic E-state index is 0.369. The molecule has 0 aliphatic carbocycles. The van der Waals surface area contributed by atoms with Gasteiger partial charge in [-0.05, 0) is 20.8 Å². The molecule has 0 aromatic rings. The van der Waals surface area contributed by atoms with Gasteiger partial charge in [0.2, 0.25) is 5.88 Å². The van der Waals surface area contributed by atoms with E-state index in [9.17, 15) is 4.79 Å². The van der Waals surface area contributed by atoms with Crippen LogP contribution in [0.1, 0.15) is 20.8 Å². The first-order chi connectivity index (χ1) is 7.89. The molecule has 0 aliphatic rings. The van der Waals surface area contributed by atoms with Gasteiger partial charge in [-0.15, -0.1) is 0 Å². The van der Waals surface area contributed by atoms with Gasteiger partial charge in [0.25, 0.3) is 0 Å². The van der Waals surface area contributed by atoms with E-state index in [-0.39, 0.29) is 0 Å². The van der Waals surface area contributed by atoms with Crippen LogP contribution in [0.3, 0.4) is 0 Å². The molecule has 0 aromatic heterocycles. The van der Waals surface area contributed by atoms with Crippen LogP contribution in [0, 0.1) is 0 Å². The first-order valence-electron chi connectivity index (χ1n) is 5.54. The molecule has 0 fully saturated rings. The van der Waals surface area contributed by atoms with Gasteiger partial charge in [-0.25, -0.2) is 4.79 Å². The van der Waals surface area contributed by atoms with Crippen LogP contribution in [0.5, 0.6) is 0 Å². The van der Waals surface area contributed by atoms with Crippen LogP contribution in [0.15, 0.2) is 12.1 Å². The first-order valence-corrected chi connectivity index (χ1v) is 5.54. The molecule has 100 valence electrons. The van der Waals surface area contributed by atoms with Gasteiger partial charge < -0.3 is 25.4 Å². The molecule has 0 saturated carbocycles. The number of ether oxygens (including phenoxy) is 2. The molecule has 0 spiro atoms. The second-order valence-corrected chi connectivity index (χ2v) is 4.32. The lowest BCUT2D eigenvalue weighted by Gasteiger charge is -2.19. The van der Waals surface area contributed by atoms with E-state index in [0.717, 1.165) is 0 Å². The molecule has 0 radical (unpaired) electrons. The summed E-state index contributed by atoms with van der Waals surface area (Å²) in [6, 6.07) is 0. The van der Waals surface area contributed by atoms with Crippen molar-refractivity contribution in [2.75, 3.05) is 27.2 Å². The number of alkyl carbamates (subject to hydrolysis) is 1. The number of hydrogen-bond donors (Lipinski definition) is 3. The van der Waals surface area contributed by atoms with Crippen molar-refractivity contribution in [2.45, 2.75) is 26.4 Å². The maximum atomic E-state index is 11.3. The lowest BCUT2D eigenvalue weighted by atomic mass is 10.2. The molecular weight excluding hydrogens is 222 g/mol. The molecule has 0 aliphatic heterocycles. The highest BCUT2D eigenvalue weighted by atomic mass is 16.6. The maximum Gasteiger partial charge on any atom is 0.407 e.